The van der Waals surface area contributed by atoms with Gasteiger partial charge in [0.2, 0.25) is 5.91 Å². The minimum absolute atomic E-state index is 0.00975. The van der Waals surface area contributed by atoms with Crippen molar-refractivity contribution in [3.05, 3.63) is 35.9 Å². The maximum absolute atomic E-state index is 12.6. The molecule has 0 aromatic heterocycles. The van der Waals surface area contributed by atoms with Gasteiger partial charge >= 0.3 is 5.97 Å². The van der Waals surface area contributed by atoms with Gasteiger partial charge in [0, 0.05) is 19.0 Å². The third kappa shape index (κ3) is 3.49. The SMILES string of the molecule is CCC(CN(CC)C(=O)C1CCC1C(=O)O)c1ccccc1. The lowest BCUT2D eigenvalue weighted by molar-refractivity contribution is -0.156. The van der Waals surface area contributed by atoms with Crippen LogP contribution in [0.5, 0.6) is 0 Å². The molecule has 0 heterocycles. The van der Waals surface area contributed by atoms with Crippen molar-refractivity contribution in [1.82, 2.24) is 4.90 Å². The van der Waals surface area contributed by atoms with Crippen LogP contribution in [0.4, 0.5) is 0 Å². The van der Waals surface area contributed by atoms with E-state index in [1.807, 2.05) is 30.0 Å². The summed E-state index contributed by atoms with van der Waals surface area (Å²) >= 11 is 0. The first-order valence-electron chi connectivity index (χ1n) is 8.15. The topological polar surface area (TPSA) is 57.6 Å². The minimum atomic E-state index is -0.837. The number of hydrogen-bond donors (Lipinski definition) is 1. The summed E-state index contributed by atoms with van der Waals surface area (Å²) in [6.07, 6.45) is 2.29. The summed E-state index contributed by atoms with van der Waals surface area (Å²) in [4.78, 5) is 25.6. The Balaban J connectivity index is 2.05. The van der Waals surface area contributed by atoms with E-state index in [1.54, 1.807) is 0 Å². The molecule has 1 N–H and O–H groups in total. The number of amides is 1. The number of benzene rings is 1. The largest absolute Gasteiger partial charge is 0.481 e. The molecule has 1 aromatic rings. The second-order valence-corrected chi connectivity index (χ2v) is 6.02. The van der Waals surface area contributed by atoms with Crippen LogP contribution in [0.1, 0.15) is 44.6 Å². The van der Waals surface area contributed by atoms with E-state index in [9.17, 15) is 9.59 Å². The van der Waals surface area contributed by atoms with E-state index in [0.717, 1.165) is 6.42 Å². The van der Waals surface area contributed by atoms with Crippen molar-refractivity contribution in [3.63, 3.8) is 0 Å². The number of carbonyl (C=O) groups is 2. The fourth-order valence-electron chi connectivity index (χ4n) is 3.16. The quantitative estimate of drug-likeness (QED) is 0.842. The molecule has 0 bridgehead atoms. The molecule has 2 rings (SSSR count). The van der Waals surface area contributed by atoms with Crippen molar-refractivity contribution in [3.8, 4) is 0 Å². The highest BCUT2D eigenvalue weighted by Gasteiger charge is 2.43. The monoisotopic (exact) mass is 303 g/mol. The third-order valence-corrected chi connectivity index (χ3v) is 4.81. The summed E-state index contributed by atoms with van der Waals surface area (Å²) in [5, 5.41) is 9.14. The predicted molar refractivity (Wildman–Crippen MR) is 85.6 cm³/mol. The standard InChI is InChI=1S/C18H25NO3/c1-3-13(14-8-6-5-7-9-14)12-19(4-2)17(20)15-10-11-16(15)18(21)22/h5-9,13,15-16H,3-4,10-12H2,1-2H3,(H,21,22). The predicted octanol–water partition coefficient (Wildman–Crippen LogP) is 3.14. The molecule has 1 amide bonds. The van der Waals surface area contributed by atoms with Gasteiger partial charge in [-0.1, -0.05) is 37.3 Å². The Hall–Kier alpha value is -1.84. The maximum atomic E-state index is 12.6. The van der Waals surface area contributed by atoms with Gasteiger partial charge in [0.15, 0.2) is 0 Å². The second kappa shape index (κ2) is 7.43. The highest BCUT2D eigenvalue weighted by Crippen LogP contribution is 2.36. The van der Waals surface area contributed by atoms with Crippen molar-refractivity contribution < 1.29 is 14.7 Å². The van der Waals surface area contributed by atoms with E-state index >= 15 is 0 Å². The van der Waals surface area contributed by atoms with E-state index in [-0.39, 0.29) is 11.8 Å². The molecule has 0 spiro atoms. The average Bonchev–Trinajstić information content (AvgIpc) is 2.47. The second-order valence-electron chi connectivity index (χ2n) is 6.02. The molecule has 4 heteroatoms. The summed E-state index contributed by atoms with van der Waals surface area (Å²) in [5.41, 5.74) is 1.24. The van der Waals surface area contributed by atoms with Gasteiger partial charge in [-0.25, -0.2) is 0 Å². The van der Waals surface area contributed by atoms with Crippen molar-refractivity contribution in [2.24, 2.45) is 11.8 Å². The molecule has 1 aliphatic rings. The van der Waals surface area contributed by atoms with E-state index in [0.29, 0.717) is 31.8 Å². The lowest BCUT2D eigenvalue weighted by atomic mass is 9.72. The number of carbonyl (C=O) groups excluding carboxylic acids is 1. The van der Waals surface area contributed by atoms with Crippen LogP contribution in [0, 0.1) is 11.8 Å². The van der Waals surface area contributed by atoms with Crippen LogP contribution in [-0.4, -0.2) is 35.0 Å². The number of carboxylic acids is 1. The highest BCUT2D eigenvalue weighted by molar-refractivity contribution is 5.86. The molecule has 1 saturated carbocycles. The molecule has 0 aliphatic heterocycles. The lowest BCUT2D eigenvalue weighted by Crippen LogP contribution is -2.47. The molecular weight excluding hydrogens is 278 g/mol. The molecule has 3 unspecified atom stereocenters. The molecular formula is C18H25NO3. The Kier molecular flexibility index (Phi) is 5.58. The molecule has 1 aliphatic carbocycles. The van der Waals surface area contributed by atoms with Gasteiger partial charge in [0.25, 0.3) is 0 Å². The third-order valence-electron chi connectivity index (χ3n) is 4.81. The number of likely N-dealkylation sites (N-methyl/N-ethyl adjacent to an activating group) is 1. The van der Waals surface area contributed by atoms with E-state index in [2.05, 4.69) is 19.1 Å². The highest BCUT2D eigenvalue weighted by atomic mass is 16.4. The molecule has 3 atom stereocenters. The number of rotatable bonds is 7. The first-order valence-corrected chi connectivity index (χ1v) is 8.15. The molecule has 1 fully saturated rings. The number of hydrogen-bond acceptors (Lipinski definition) is 2. The summed E-state index contributed by atoms with van der Waals surface area (Å²) in [5.74, 6) is -1.34. The van der Waals surface area contributed by atoms with Crippen LogP contribution >= 0.6 is 0 Å². The molecule has 0 radical (unpaired) electrons. The van der Waals surface area contributed by atoms with Gasteiger partial charge in [-0.2, -0.15) is 0 Å². The van der Waals surface area contributed by atoms with Crippen molar-refractivity contribution in [2.75, 3.05) is 13.1 Å². The minimum Gasteiger partial charge on any atom is -0.481 e. The van der Waals surface area contributed by atoms with Crippen LogP contribution in [0.25, 0.3) is 0 Å². The van der Waals surface area contributed by atoms with Gasteiger partial charge in [-0.15, -0.1) is 0 Å². The Bertz CT molecular complexity index is 514. The van der Waals surface area contributed by atoms with Crippen LogP contribution in [0.3, 0.4) is 0 Å². The van der Waals surface area contributed by atoms with Crippen LogP contribution in [-0.2, 0) is 9.59 Å². The summed E-state index contributed by atoms with van der Waals surface area (Å²) in [7, 11) is 0. The summed E-state index contributed by atoms with van der Waals surface area (Å²) in [6.45, 7) is 5.38. The zero-order valence-electron chi connectivity index (χ0n) is 13.4. The van der Waals surface area contributed by atoms with Crippen molar-refractivity contribution >= 4 is 11.9 Å². The van der Waals surface area contributed by atoms with E-state index in [4.69, 9.17) is 5.11 Å². The Morgan fingerprint density at radius 2 is 1.82 bits per heavy atom. The Morgan fingerprint density at radius 1 is 1.18 bits per heavy atom. The van der Waals surface area contributed by atoms with Gasteiger partial charge in [0.05, 0.1) is 11.8 Å². The van der Waals surface area contributed by atoms with E-state index < -0.39 is 11.9 Å². The first-order chi connectivity index (χ1) is 10.6. The fourth-order valence-corrected chi connectivity index (χ4v) is 3.16. The van der Waals surface area contributed by atoms with Gasteiger partial charge in [-0.05, 0) is 31.7 Å². The number of nitrogens with zero attached hydrogens (tertiary/aromatic N) is 1. The normalized spacial score (nSPS) is 21.7. The molecule has 0 saturated heterocycles. The van der Waals surface area contributed by atoms with Crippen LogP contribution < -0.4 is 0 Å². The molecule has 120 valence electrons. The van der Waals surface area contributed by atoms with Crippen molar-refractivity contribution in [2.45, 2.75) is 39.0 Å². The fraction of sp³-hybridized carbons (Fsp3) is 0.556. The molecule has 1 aromatic carbocycles. The molecule has 4 nitrogen and oxygen atoms in total. The summed E-state index contributed by atoms with van der Waals surface area (Å²) < 4.78 is 0. The zero-order chi connectivity index (χ0) is 16.1. The Morgan fingerprint density at radius 3 is 2.27 bits per heavy atom. The average molecular weight is 303 g/mol. The van der Waals surface area contributed by atoms with Crippen LogP contribution in [0.2, 0.25) is 0 Å². The zero-order valence-corrected chi connectivity index (χ0v) is 13.4. The first kappa shape index (κ1) is 16.5. The number of carboxylic acid groups (broad SMARTS) is 1. The smallest absolute Gasteiger partial charge is 0.307 e. The number of aliphatic carboxylic acids is 1. The van der Waals surface area contributed by atoms with Crippen LogP contribution in [0.15, 0.2) is 30.3 Å². The summed E-state index contributed by atoms with van der Waals surface area (Å²) in [6, 6.07) is 10.2. The lowest BCUT2D eigenvalue weighted by Gasteiger charge is -2.37. The van der Waals surface area contributed by atoms with Crippen molar-refractivity contribution in [1.29, 1.82) is 0 Å². The molecule has 22 heavy (non-hydrogen) atoms. The van der Waals surface area contributed by atoms with E-state index in [1.165, 1.54) is 5.56 Å². The van der Waals surface area contributed by atoms with Gasteiger partial charge in [0.1, 0.15) is 0 Å². The van der Waals surface area contributed by atoms with Gasteiger partial charge in [-0.3, -0.25) is 9.59 Å². The Labute approximate surface area is 132 Å². The van der Waals surface area contributed by atoms with Gasteiger partial charge < -0.3 is 10.0 Å². The maximum Gasteiger partial charge on any atom is 0.307 e.